The highest BCUT2D eigenvalue weighted by molar-refractivity contribution is 5.60. The van der Waals surface area contributed by atoms with Crippen molar-refractivity contribution in [1.29, 1.82) is 0 Å². The fourth-order valence-electron chi connectivity index (χ4n) is 1.69. The van der Waals surface area contributed by atoms with Gasteiger partial charge in [0.15, 0.2) is 0 Å². The van der Waals surface area contributed by atoms with E-state index in [1.54, 1.807) is 0 Å². The van der Waals surface area contributed by atoms with Crippen LogP contribution in [-0.4, -0.2) is 6.21 Å². The summed E-state index contributed by atoms with van der Waals surface area (Å²) in [6.07, 6.45) is 7.03. The summed E-state index contributed by atoms with van der Waals surface area (Å²) in [5.41, 5.74) is 0.555. The van der Waals surface area contributed by atoms with E-state index >= 15 is 0 Å². The lowest BCUT2D eigenvalue weighted by Crippen LogP contribution is -2.22. The SMILES string of the molecule is CC1(C)CCC(/C=N/N)CC1. The summed E-state index contributed by atoms with van der Waals surface area (Å²) in [5.74, 6) is 5.74. The van der Waals surface area contributed by atoms with Gasteiger partial charge >= 0.3 is 0 Å². The fourth-order valence-corrected chi connectivity index (χ4v) is 1.69. The first-order valence-corrected chi connectivity index (χ1v) is 4.37. The lowest BCUT2D eigenvalue weighted by atomic mass is 9.73. The quantitative estimate of drug-likeness (QED) is 0.351. The van der Waals surface area contributed by atoms with Gasteiger partial charge in [-0.3, -0.25) is 0 Å². The second-order valence-electron chi connectivity index (χ2n) is 4.30. The molecule has 0 saturated heterocycles. The number of rotatable bonds is 1. The summed E-state index contributed by atoms with van der Waals surface area (Å²) in [7, 11) is 0. The summed E-state index contributed by atoms with van der Waals surface area (Å²) < 4.78 is 0. The van der Waals surface area contributed by atoms with Crippen molar-refractivity contribution < 1.29 is 0 Å². The van der Waals surface area contributed by atoms with Gasteiger partial charge in [-0.1, -0.05) is 13.8 Å². The minimum absolute atomic E-state index is 0.555. The molecule has 0 atom stereocenters. The predicted octanol–water partition coefficient (Wildman–Crippen LogP) is 2.15. The molecule has 2 nitrogen and oxygen atoms in total. The normalized spacial score (nSPS) is 26.0. The minimum atomic E-state index is 0.555. The Morgan fingerprint density at radius 3 is 2.36 bits per heavy atom. The summed E-state index contributed by atoms with van der Waals surface area (Å²) in [6.45, 7) is 4.67. The smallest absolute Gasteiger partial charge is 0.0271 e. The third kappa shape index (κ3) is 2.52. The number of nitrogens with zero attached hydrogens (tertiary/aromatic N) is 1. The largest absolute Gasteiger partial charge is 0.324 e. The predicted molar refractivity (Wildman–Crippen MR) is 48.4 cm³/mol. The molecule has 11 heavy (non-hydrogen) atoms. The van der Waals surface area contributed by atoms with Crippen LogP contribution in [0.1, 0.15) is 39.5 Å². The molecule has 64 valence electrons. The average Bonchev–Trinajstić information content (AvgIpc) is 1.94. The minimum Gasteiger partial charge on any atom is -0.324 e. The van der Waals surface area contributed by atoms with Crippen molar-refractivity contribution in [2.75, 3.05) is 0 Å². The summed E-state index contributed by atoms with van der Waals surface area (Å²) in [5, 5.41) is 3.58. The Balaban J connectivity index is 2.36. The van der Waals surface area contributed by atoms with Crippen LogP contribution in [0.15, 0.2) is 5.10 Å². The van der Waals surface area contributed by atoms with Crippen LogP contribution < -0.4 is 5.84 Å². The highest BCUT2D eigenvalue weighted by Gasteiger charge is 2.25. The van der Waals surface area contributed by atoms with Gasteiger partial charge in [0.1, 0.15) is 0 Å². The molecule has 2 N–H and O–H groups in total. The van der Waals surface area contributed by atoms with Gasteiger partial charge in [-0.25, -0.2) is 0 Å². The molecule has 0 aromatic carbocycles. The molecule has 1 rings (SSSR count). The lowest BCUT2D eigenvalue weighted by molar-refractivity contribution is 0.223. The second kappa shape index (κ2) is 3.24. The van der Waals surface area contributed by atoms with E-state index in [4.69, 9.17) is 5.84 Å². The molecule has 0 spiro atoms. The van der Waals surface area contributed by atoms with E-state index in [0.717, 1.165) is 0 Å². The van der Waals surface area contributed by atoms with E-state index in [9.17, 15) is 0 Å². The highest BCUT2D eigenvalue weighted by atomic mass is 15.1. The molecule has 0 heterocycles. The molecule has 0 bridgehead atoms. The van der Waals surface area contributed by atoms with Crippen LogP contribution in [0.4, 0.5) is 0 Å². The van der Waals surface area contributed by atoms with Crippen molar-refractivity contribution in [1.82, 2.24) is 0 Å². The number of hydrogen-bond acceptors (Lipinski definition) is 2. The Morgan fingerprint density at radius 2 is 1.91 bits per heavy atom. The van der Waals surface area contributed by atoms with Crippen molar-refractivity contribution in [2.24, 2.45) is 22.3 Å². The fraction of sp³-hybridized carbons (Fsp3) is 0.889. The number of hydrogen-bond donors (Lipinski definition) is 1. The molecule has 0 unspecified atom stereocenters. The Morgan fingerprint density at radius 1 is 1.36 bits per heavy atom. The Bertz CT molecular complexity index is 140. The molecule has 0 aliphatic heterocycles. The van der Waals surface area contributed by atoms with E-state index in [2.05, 4.69) is 18.9 Å². The molecule has 0 amide bonds. The van der Waals surface area contributed by atoms with Gasteiger partial charge in [0, 0.05) is 6.21 Å². The zero-order valence-electron chi connectivity index (χ0n) is 7.51. The molecule has 1 saturated carbocycles. The zero-order chi connectivity index (χ0) is 8.32. The number of nitrogens with two attached hydrogens (primary N) is 1. The first-order chi connectivity index (χ1) is 5.14. The number of hydrazone groups is 1. The van der Waals surface area contributed by atoms with Crippen LogP contribution in [0.2, 0.25) is 0 Å². The lowest BCUT2D eigenvalue weighted by Gasteiger charge is -2.32. The standard InChI is InChI=1S/C9H18N2/c1-9(2)5-3-8(4-6-9)7-11-10/h7-8H,3-6,10H2,1-2H3/b11-7+. The second-order valence-corrected chi connectivity index (χ2v) is 4.30. The molecule has 1 aliphatic carbocycles. The molecular weight excluding hydrogens is 136 g/mol. The first-order valence-electron chi connectivity index (χ1n) is 4.37. The van der Waals surface area contributed by atoms with Crippen LogP contribution in [0.5, 0.6) is 0 Å². The van der Waals surface area contributed by atoms with Gasteiger partial charge in [0.05, 0.1) is 0 Å². The molecule has 1 aliphatic rings. The van der Waals surface area contributed by atoms with E-state index < -0.39 is 0 Å². The van der Waals surface area contributed by atoms with E-state index in [1.807, 2.05) is 6.21 Å². The van der Waals surface area contributed by atoms with Crippen molar-refractivity contribution in [3.8, 4) is 0 Å². The maximum absolute atomic E-state index is 5.10. The molecule has 0 radical (unpaired) electrons. The Labute approximate surface area is 68.9 Å². The average molecular weight is 154 g/mol. The topological polar surface area (TPSA) is 38.4 Å². The Kier molecular flexibility index (Phi) is 2.53. The third-order valence-electron chi connectivity index (χ3n) is 2.68. The molecule has 1 fully saturated rings. The first kappa shape index (κ1) is 8.57. The monoisotopic (exact) mass is 154 g/mol. The van der Waals surface area contributed by atoms with E-state index in [1.165, 1.54) is 25.7 Å². The van der Waals surface area contributed by atoms with Crippen LogP contribution in [0, 0.1) is 11.3 Å². The Hall–Kier alpha value is -0.530. The van der Waals surface area contributed by atoms with Crippen LogP contribution in [-0.2, 0) is 0 Å². The maximum Gasteiger partial charge on any atom is 0.0271 e. The third-order valence-corrected chi connectivity index (χ3v) is 2.68. The van der Waals surface area contributed by atoms with Gasteiger partial charge in [0.25, 0.3) is 0 Å². The summed E-state index contributed by atoms with van der Waals surface area (Å²) in [4.78, 5) is 0. The van der Waals surface area contributed by atoms with Crippen molar-refractivity contribution in [2.45, 2.75) is 39.5 Å². The maximum atomic E-state index is 5.10. The highest BCUT2D eigenvalue weighted by Crippen LogP contribution is 2.37. The molecule has 0 aromatic rings. The van der Waals surface area contributed by atoms with Crippen LogP contribution in [0.25, 0.3) is 0 Å². The molecule has 0 aromatic heterocycles. The van der Waals surface area contributed by atoms with Gasteiger partial charge in [-0.2, -0.15) is 5.10 Å². The van der Waals surface area contributed by atoms with Gasteiger partial charge in [-0.15, -0.1) is 0 Å². The van der Waals surface area contributed by atoms with Crippen LogP contribution >= 0.6 is 0 Å². The zero-order valence-corrected chi connectivity index (χ0v) is 7.51. The summed E-state index contributed by atoms with van der Waals surface area (Å²) >= 11 is 0. The van der Waals surface area contributed by atoms with E-state index in [-0.39, 0.29) is 0 Å². The van der Waals surface area contributed by atoms with Crippen molar-refractivity contribution in [3.05, 3.63) is 0 Å². The summed E-state index contributed by atoms with van der Waals surface area (Å²) in [6, 6.07) is 0. The molecular formula is C9H18N2. The van der Waals surface area contributed by atoms with Gasteiger partial charge < -0.3 is 5.84 Å². The van der Waals surface area contributed by atoms with Crippen LogP contribution in [0.3, 0.4) is 0 Å². The van der Waals surface area contributed by atoms with Crippen molar-refractivity contribution in [3.63, 3.8) is 0 Å². The van der Waals surface area contributed by atoms with Crippen molar-refractivity contribution >= 4 is 6.21 Å². The van der Waals surface area contributed by atoms with E-state index in [0.29, 0.717) is 11.3 Å². The molecule has 2 heteroatoms. The van der Waals surface area contributed by atoms with Gasteiger partial charge in [-0.05, 0) is 37.0 Å². The van der Waals surface area contributed by atoms with Gasteiger partial charge in [0.2, 0.25) is 0 Å².